The van der Waals surface area contributed by atoms with Crippen molar-refractivity contribution in [3.8, 4) is 11.5 Å². The van der Waals surface area contributed by atoms with E-state index in [-0.39, 0.29) is 6.10 Å². The molecule has 4 aromatic rings. The van der Waals surface area contributed by atoms with Crippen molar-refractivity contribution < 1.29 is 9.47 Å². The maximum Gasteiger partial charge on any atom is 0.146 e. The van der Waals surface area contributed by atoms with Gasteiger partial charge in [0.05, 0.1) is 12.7 Å². The molecule has 0 spiro atoms. The maximum atomic E-state index is 6.16. The monoisotopic (exact) mass is 412 g/mol. The molecule has 31 heavy (non-hydrogen) atoms. The van der Waals surface area contributed by atoms with E-state index in [9.17, 15) is 0 Å². The molecule has 2 N–H and O–H groups in total. The smallest absolute Gasteiger partial charge is 0.146 e. The summed E-state index contributed by atoms with van der Waals surface area (Å²) in [5.41, 5.74) is 9.15. The summed E-state index contributed by atoms with van der Waals surface area (Å²) in [6.07, 6.45) is 2.71. The fraction of sp³-hybridized carbons (Fsp3) is 0.222. The standard InChI is InChI=1S/C27H28N2O2/c1-20(31-25-15-7-13-22-16-17-26(28)29-27(22)25)9-8-18-30-24-14-6-5-12-23(24)19-21-10-3-2-4-11-21/h2-7,10-17,20H,8-9,18-19H2,1H3,(H2,28,29). The number of anilines is 1. The first-order chi connectivity index (χ1) is 15.2. The van der Waals surface area contributed by atoms with Gasteiger partial charge in [-0.1, -0.05) is 60.7 Å². The molecule has 0 amide bonds. The van der Waals surface area contributed by atoms with Crippen LogP contribution in [0.4, 0.5) is 5.82 Å². The number of para-hydroxylation sites is 2. The number of hydrogen-bond acceptors (Lipinski definition) is 4. The van der Waals surface area contributed by atoms with Crippen LogP contribution < -0.4 is 15.2 Å². The summed E-state index contributed by atoms with van der Waals surface area (Å²) in [5.74, 6) is 2.22. The summed E-state index contributed by atoms with van der Waals surface area (Å²) in [4.78, 5) is 4.44. The molecule has 0 saturated carbocycles. The minimum absolute atomic E-state index is 0.0528. The fourth-order valence-corrected chi connectivity index (χ4v) is 3.67. The molecule has 0 fully saturated rings. The molecule has 4 rings (SSSR count). The number of aromatic nitrogens is 1. The van der Waals surface area contributed by atoms with Gasteiger partial charge in [-0.05, 0) is 55.2 Å². The molecule has 1 aromatic heterocycles. The lowest BCUT2D eigenvalue weighted by Gasteiger charge is -2.17. The number of ether oxygens (including phenoxy) is 2. The van der Waals surface area contributed by atoms with Gasteiger partial charge in [0.1, 0.15) is 22.8 Å². The van der Waals surface area contributed by atoms with Gasteiger partial charge in [-0.15, -0.1) is 0 Å². The van der Waals surface area contributed by atoms with Gasteiger partial charge in [0.25, 0.3) is 0 Å². The molecule has 0 bridgehead atoms. The zero-order valence-electron chi connectivity index (χ0n) is 17.8. The number of benzene rings is 3. The van der Waals surface area contributed by atoms with E-state index in [2.05, 4.69) is 48.3 Å². The van der Waals surface area contributed by atoms with Crippen molar-refractivity contribution >= 4 is 16.7 Å². The quantitative estimate of drug-likeness (QED) is 0.341. The van der Waals surface area contributed by atoms with Gasteiger partial charge in [0.2, 0.25) is 0 Å². The second-order valence-electron chi connectivity index (χ2n) is 7.75. The Morgan fingerprint density at radius 1 is 0.839 bits per heavy atom. The molecular formula is C27H28N2O2. The van der Waals surface area contributed by atoms with Gasteiger partial charge < -0.3 is 15.2 Å². The van der Waals surface area contributed by atoms with Gasteiger partial charge >= 0.3 is 0 Å². The van der Waals surface area contributed by atoms with Gasteiger partial charge in [-0.3, -0.25) is 0 Å². The lowest BCUT2D eigenvalue weighted by molar-refractivity contribution is 0.195. The van der Waals surface area contributed by atoms with Crippen molar-refractivity contribution in [2.45, 2.75) is 32.3 Å². The molecule has 4 heteroatoms. The topological polar surface area (TPSA) is 57.4 Å². The molecule has 1 unspecified atom stereocenters. The minimum atomic E-state index is 0.0528. The Balaban J connectivity index is 1.30. The molecule has 4 nitrogen and oxygen atoms in total. The summed E-state index contributed by atoms with van der Waals surface area (Å²) in [7, 11) is 0. The highest BCUT2D eigenvalue weighted by molar-refractivity contribution is 5.85. The van der Waals surface area contributed by atoms with Gasteiger partial charge in [-0.2, -0.15) is 0 Å². The molecule has 0 aliphatic rings. The number of hydrogen-bond donors (Lipinski definition) is 1. The molecule has 0 radical (unpaired) electrons. The van der Waals surface area contributed by atoms with Crippen LogP contribution in [0, 0.1) is 0 Å². The molecule has 1 heterocycles. The predicted molar refractivity (Wildman–Crippen MR) is 127 cm³/mol. The largest absolute Gasteiger partial charge is 0.493 e. The van der Waals surface area contributed by atoms with E-state index in [0.29, 0.717) is 12.4 Å². The van der Waals surface area contributed by atoms with E-state index in [4.69, 9.17) is 15.2 Å². The van der Waals surface area contributed by atoms with Crippen molar-refractivity contribution in [2.75, 3.05) is 12.3 Å². The van der Waals surface area contributed by atoms with Crippen LogP contribution in [0.3, 0.4) is 0 Å². The Kier molecular flexibility index (Phi) is 6.68. The Morgan fingerprint density at radius 3 is 2.48 bits per heavy atom. The van der Waals surface area contributed by atoms with Crippen LogP contribution >= 0.6 is 0 Å². The number of nitrogens with zero attached hydrogens (tertiary/aromatic N) is 1. The number of fused-ring (bicyclic) bond motifs is 1. The zero-order chi connectivity index (χ0) is 21.5. The van der Waals surface area contributed by atoms with E-state index in [1.54, 1.807) is 0 Å². The van der Waals surface area contributed by atoms with Gasteiger partial charge in [-0.25, -0.2) is 4.98 Å². The molecule has 1 atom stereocenters. The predicted octanol–water partition coefficient (Wildman–Crippen LogP) is 6.03. The summed E-state index contributed by atoms with van der Waals surface area (Å²) >= 11 is 0. The Bertz CT molecular complexity index is 1130. The summed E-state index contributed by atoms with van der Waals surface area (Å²) in [6.45, 7) is 2.73. The van der Waals surface area contributed by atoms with Crippen LogP contribution in [-0.2, 0) is 6.42 Å². The highest BCUT2D eigenvalue weighted by atomic mass is 16.5. The summed E-state index contributed by atoms with van der Waals surface area (Å²) in [6, 6.07) is 28.4. The SMILES string of the molecule is CC(CCCOc1ccccc1Cc1ccccc1)Oc1cccc2ccc(N)nc12. The first-order valence-electron chi connectivity index (χ1n) is 10.8. The lowest BCUT2D eigenvalue weighted by Crippen LogP contribution is -2.14. The van der Waals surface area contributed by atoms with E-state index >= 15 is 0 Å². The molecular weight excluding hydrogens is 384 g/mol. The van der Waals surface area contributed by atoms with Crippen LogP contribution in [0.2, 0.25) is 0 Å². The first kappa shape index (κ1) is 20.7. The van der Waals surface area contributed by atoms with Crippen LogP contribution in [0.5, 0.6) is 11.5 Å². The minimum Gasteiger partial charge on any atom is -0.493 e. The lowest BCUT2D eigenvalue weighted by atomic mass is 10.0. The molecule has 3 aromatic carbocycles. The van der Waals surface area contributed by atoms with Gasteiger partial charge in [0, 0.05) is 11.8 Å². The summed E-state index contributed by atoms with van der Waals surface area (Å²) in [5, 5.41) is 1.03. The third-order valence-electron chi connectivity index (χ3n) is 5.26. The Morgan fingerprint density at radius 2 is 1.61 bits per heavy atom. The van der Waals surface area contributed by atoms with Crippen LogP contribution in [0.15, 0.2) is 84.9 Å². The normalized spacial score (nSPS) is 11.9. The third-order valence-corrected chi connectivity index (χ3v) is 5.26. The highest BCUT2D eigenvalue weighted by Gasteiger charge is 2.10. The average molecular weight is 413 g/mol. The highest BCUT2D eigenvalue weighted by Crippen LogP contribution is 2.26. The van der Waals surface area contributed by atoms with Crippen molar-refractivity contribution in [1.82, 2.24) is 4.98 Å². The molecule has 0 aliphatic heterocycles. The van der Waals surface area contributed by atoms with Crippen LogP contribution in [-0.4, -0.2) is 17.7 Å². The van der Waals surface area contributed by atoms with E-state index in [1.165, 1.54) is 11.1 Å². The zero-order valence-corrected chi connectivity index (χ0v) is 17.8. The van der Waals surface area contributed by atoms with E-state index < -0.39 is 0 Å². The third kappa shape index (κ3) is 5.54. The second kappa shape index (κ2) is 9.98. The number of pyridine rings is 1. The summed E-state index contributed by atoms with van der Waals surface area (Å²) < 4.78 is 12.3. The Labute approximate surface area is 183 Å². The molecule has 158 valence electrons. The molecule has 0 aliphatic carbocycles. The van der Waals surface area contributed by atoms with Crippen molar-refractivity contribution in [3.05, 3.63) is 96.1 Å². The van der Waals surface area contributed by atoms with E-state index in [0.717, 1.165) is 41.7 Å². The van der Waals surface area contributed by atoms with E-state index in [1.807, 2.05) is 48.5 Å². The number of nitrogen functional groups attached to an aromatic ring is 1. The van der Waals surface area contributed by atoms with Crippen LogP contribution in [0.1, 0.15) is 30.9 Å². The second-order valence-corrected chi connectivity index (χ2v) is 7.75. The fourth-order valence-electron chi connectivity index (χ4n) is 3.67. The number of rotatable bonds is 9. The van der Waals surface area contributed by atoms with Crippen LogP contribution in [0.25, 0.3) is 10.9 Å². The average Bonchev–Trinajstić information content (AvgIpc) is 2.79. The van der Waals surface area contributed by atoms with Crippen molar-refractivity contribution in [1.29, 1.82) is 0 Å². The molecule has 0 saturated heterocycles. The number of nitrogens with two attached hydrogens (primary N) is 1. The van der Waals surface area contributed by atoms with Crippen molar-refractivity contribution in [2.24, 2.45) is 0 Å². The van der Waals surface area contributed by atoms with Gasteiger partial charge in [0.15, 0.2) is 0 Å². The maximum absolute atomic E-state index is 6.16. The first-order valence-corrected chi connectivity index (χ1v) is 10.8. The van der Waals surface area contributed by atoms with Crippen molar-refractivity contribution in [3.63, 3.8) is 0 Å². The Hall–Kier alpha value is -3.53.